The Morgan fingerprint density at radius 2 is 2.04 bits per heavy atom. The molecular formula is C20H26N2O3. The fourth-order valence-electron chi connectivity index (χ4n) is 4.50. The third kappa shape index (κ3) is 3.00. The van der Waals surface area contributed by atoms with Gasteiger partial charge in [-0.25, -0.2) is 0 Å². The molecule has 2 amide bonds. The van der Waals surface area contributed by atoms with Gasteiger partial charge in [-0.1, -0.05) is 6.07 Å². The summed E-state index contributed by atoms with van der Waals surface area (Å²) in [5, 5.41) is 9.91. The molecule has 1 aromatic rings. The van der Waals surface area contributed by atoms with E-state index in [4.69, 9.17) is 0 Å². The molecule has 0 aromatic heterocycles. The quantitative estimate of drug-likeness (QED) is 0.899. The number of piperidine rings is 2. The van der Waals surface area contributed by atoms with Crippen LogP contribution in [-0.2, 0) is 4.79 Å². The van der Waals surface area contributed by atoms with Crippen molar-refractivity contribution in [3.05, 3.63) is 29.3 Å². The fourth-order valence-corrected chi connectivity index (χ4v) is 4.50. The molecule has 1 spiro atoms. The first kappa shape index (κ1) is 16.4. The number of hydrogen-bond donors (Lipinski definition) is 1. The lowest BCUT2D eigenvalue weighted by molar-refractivity contribution is -0.139. The van der Waals surface area contributed by atoms with E-state index >= 15 is 0 Å². The lowest BCUT2D eigenvalue weighted by atomic mass is 9.73. The van der Waals surface area contributed by atoms with Crippen molar-refractivity contribution >= 4 is 11.8 Å². The molecular weight excluding hydrogens is 316 g/mol. The van der Waals surface area contributed by atoms with Crippen molar-refractivity contribution in [2.45, 2.75) is 51.5 Å². The summed E-state index contributed by atoms with van der Waals surface area (Å²) in [4.78, 5) is 29.3. The summed E-state index contributed by atoms with van der Waals surface area (Å²) in [5.74, 6) is 0.462. The Bertz CT molecular complexity index is 713. The maximum Gasteiger partial charge on any atom is 0.254 e. The summed E-state index contributed by atoms with van der Waals surface area (Å²) in [7, 11) is 0. The van der Waals surface area contributed by atoms with Crippen LogP contribution in [0.2, 0.25) is 0 Å². The summed E-state index contributed by atoms with van der Waals surface area (Å²) in [5.41, 5.74) is 1.28. The molecule has 1 saturated carbocycles. The lowest BCUT2D eigenvalue weighted by Crippen LogP contribution is -2.55. The maximum atomic E-state index is 13.0. The zero-order valence-corrected chi connectivity index (χ0v) is 14.8. The van der Waals surface area contributed by atoms with E-state index in [0.717, 1.165) is 51.7 Å². The first-order valence-electron chi connectivity index (χ1n) is 9.36. The Morgan fingerprint density at radius 1 is 1.24 bits per heavy atom. The van der Waals surface area contributed by atoms with E-state index in [0.29, 0.717) is 29.5 Å². The molecule has 0 bridgehead atoms. The van der Waals surface area contributed by atoms with Gasteiger partial charge in [-0.3, -0.25) is 9.59 Å². The fraction of sp³-hybridized carbons (Fsp3) is 0.600. The second-order valence-corrected chi connectivity index (χ2v) is 8.03. The topological polar surface area (TPSA) is 60.9 Å². The molecule has 1 unspecified atom stereocenters. The lowest BCUT2D eigenvalue weighted by Gasteiger charge is -2.48. The van der Waals surface area contributed by atoms with E-state index in [-0.39, 0.29) is 17.1 Å². The van der Waals surface area contributed by atoms with Crippen LogP contribution in [0.15, 0.2) is 18.2 Å². The molecule has 5 heteroatoms. The highest BCUT2D eigenvalue weighted by atomic mass is 16.3. The minimum Gasteiger partial charge on any atom is -0.508 e. The predicted octanol–water partition coefficient (Wildman–Crippen LogP) is 2.71. The summed E-state index contributed by atoms with van der Waals surface area (Å²) in [6, 6.07) is 5.58. The Balaban J connectivity index is 1.53. The van der Waals surface area contributed by atoms with Gasteiger partial charge in [0.25, 0.3) is 5.91 Å². The molecule has 1 aliphatic carbocycles. The van der Waals surface area contributed by atoms with Crippen LogP contribution in [0.4, 0.5) is 0 Å². The van der Waals surface area contributed by atoms with Gasteiger partial charge in [0.1, 0.15) is 5.75 Å². The van der Waals surface area contributed by atoms with Gasteiger partial charge in [0, 0.05) is 48.6 Å². The minimum atomic E-state index is 0.00217. The highest BCUT2D eigenvalue weighted by Gasteiger charge is 2.46. The number of rotatable bonds is 2. The Hall–Kier alpha value is -2.04. The molecule has 1 N–H and O–H groups in total. The second-order valence-electron chi connectivity index (χ2n) is 8.03. The smallest absolute Gasteiger partial charge is 0.254 e. The number of amides is 2. The molecule has 3 aliphatic rings. The number of phenols is 1. The summed E-state index contributed by atoms with van der Waals surface area (Å²) in [6.07, 6.45) is 5.84. The van der Waals surface area contributed by atoms with Gasteiger partial charge in [-0.15, -0.1) is 0 Å². The number of carbonyl (C=O) groups excluding carboxylic acids is 2. The number of nitrogens with zero attached hydrogens (tertiary/aromatic N) is 2. The van der Waals surface area contributed by atoms with Gasteiger partial charge in [0.15, 0.2) is 0 Å². The molecule has 5 nitrogen and oxygen atoms in total. The highest BCUT2D eigenvalue weighted by Crippen LogP contribution is 2.42. The van der Waals surface area contributed by atoms with E-state index in [1.165, 1.54) is 0 Å². The van der Waals surface area contributed by atoms with Gasteiger partial charge in [-0.2, -0.15) is 0 Å². The average molecular weight is 342 g/mol. The number of hydrogen-bond acceptors (Lipinski definition) is 3. The van der Waals surface area contributed by atoms with Crippen molar-refractivity contribution in [2.75, 3.05) is 19.6 Å². The second kappa shape index (κ2) is 6.04. The maximum absolute atomic E-state index is 13.0. The molecule has 4 rings (SSSR count). The van der Waals surface area contributed by atoms with E-state index in [1.54, 1.807) is 25.1 Å². The van der Waals surface area contributed by atoms with E-state index in [1.807, 2.05) is 4.90 Å². The summed E-state index contributed by atoms with van der Waals surface area (Å²) in [6.45, 7) is 4.07. The summed E-state index contributed by atoms with van der Waals surface area (Å²) >= 11 is 0. The molecule has 2 saturated heterocycles. The van der Waals surface area contributed by atoms with Crippen LogP contribution in [0.3, 0.4) is 0 Å². The van der Waals surface area contributed by atoms with Crippen LogP contribution < -0.4 is 0 Å². The number of phenolic OH excluding ortho intramolecular Hbond substituents is 1. The van der Waals surface area contributed by atoms with Crippen molar-refractivity contribution < 1.29 is 14.7 Å². The Labute approximate surface area is 148 Å². The normalized spacial score (nSPS) is 27.0. The first-order valence-corrected chi connectivity index (χ1v) is 9.36. The Kier molecular flexibility index (Phi) is 3.97. The molecule has 0 radical (unpaired) electrons. The van der Waals surface area contributed by atoms with Crippen LogP contribution in [-0.4, -0.2) is 52.4 Å². The largest absolute Gasteiger partial charge is 0.508 e. The molecule has 134 valence electrons. The molecule has 2 aliphatic heterocycles. The molecule has 2 heterocycles. The monoisotopic (exact) mass is 342 g/mol. The van der Waals surface area contributed by atoms with Gasteiger partial charge < -0.3 is 14.9 Å². The van der Waals surface area contributed by atoms with Crippen molar-refractivity contribution in [2.24, 2.45) is 5.41 Å². The van der Waals surface area contributed by atoms with Gasteiger partial charge in [0.2, 0.25) is 5.91 Å². The average Bonchev–Trinajstić information content (AvgIpc) is 3.44. The molecule has 3 fully saturated rings. The number of carbonyl (C=O) groups is 2. The SMILES string of the molecule is Cc1c(O)cccc1C(=O)N1CCCC2(CCC(=O)N(C3CC3)C2)C1. The van der Waals surface area contributed by atoms with Crippen molar-refractivity contribution in [3.63, 3.8) is 0 Å². The van der Waals surface area contributed by atoms with Crippen molar-refractivity contribution in [1.29, 1.82) is 0 Å². The van der Waals surface area contributed by atoms with Crippen LogP contribution in [0.5, 0.6) is 5.75 Å². The minimum absolute atomic E-state index is 0.00217. The first-order chi connectivity index (χ1) is 12.0. The number of aromatic hydroxyl groups is 1. The third-order valence-corrected chi connectivity index (χ3v) is 6.17. The van der Waals surface area contributed by atoms with Gasteiger partial charge in [0.05, 0.1) is 0 Å². The summed E-state index contributed by atoms with van der Waals surface area (Å²) < 4.78 is 0. The van der Waals surface area contributed by atoms with Crippen LogP contribution in [0, 0.1) is 12.3 Å². The van der Waals surface area contributed by atoms with Gasteiger partial charge >= 0.3 is 0 Å². The van der Waals surface area contributed by atoms with Crippen molar-refractivity contribution in [3.8, 4) is 5.75 Å². The van der Waals surface area contributed by atoms with E-state index in [9.17, 15) is 14.7 Å². The predicted molar refractivity (Wildman–Crippen MR) is 94.4 cm³/mol. The molecule has 25 heavy (non-hydrogen) atoms. The molecule has 1 aromatic carbocycles. The molecule has 1 atom stereocenters. The number of benzene rings is 1. The van der Waals surface area contributed by atoms with Crippen LogP contribution in [0.1, 0.15) is 54.4 Å². The zero-order valence-electron chi connectivity index (χ0n) is 14.8. The highest BCUT2D eigenvalue weighted by molar-refractivity contribution is 5.96. The zero-order chi connectivity index (χ0) is 17.6. The third-order valence-electron chi connectivity index (χ3n) is 6.17. The van der Waals surface area contributed by atoms with Crippen molar-refractivity contribution in [1.82, 2.24) is 9.80 Å². The van der Waals surface area contributed by atoms with Gasteiger partial charge in [-0.05, 0) is 51.2 Å². The van der Waals surface area contributed by atoms with Crippen LogP contribution in [0.25, 0.3) is 0 Å². The van der Waals surface area contributed by atoms with E-state index < -0.39 is 0 Å². The Morgan fingerprint density at radius 3 is 2.80 bits per heavy atom. The standard InChI is InChI=1S/C20H26N2O3/c1-14-16(4-2-5-17(14)23)19(25)21-11-3-9-20(12-21)10-8-18(24)22(13-20)15-6-7-15/h2,4-5,15,23H,3,6-13H2,1H3. The van der Waals surface area contributed by atoms with E-state index in [2.05, 4.69) is 4.90 Å². The van der Waals surface area contributed by atoms with Crippen LogP contribution >= 0.6 is 0 Å². The number of likely N-dealkylation sites (tertiary alicyclic amines) is 2.